The molecule has 2 rings (SSSR count). The molecule has 0 amide bonds. The fourth-order valence-electron chi connectivity index (χ4n) is 1.83. The first-order chi connectivity index (χ1) is 7.08. The van der Waals surface area contributed by atoms with Gasteiger partial charge in [-0.15, -0.1) is 0 Å². The number of nitrogens with one attached hydrogen (secondary N) is 1. The second kappa shape index (κ2) is 3.85. The smallest absolute Gasteiger partial charge is 0.264 e. The number of hydrogen-bond donors (Lipinski definition) is 1. The largest absolute Gasteiger partial charge is 0.311 e. The Labute approximate surface area is 86.3 Å². The van der Waals surface area contributed by atoms with Gasteiger partial charge in [0.05, 0.1) is 6.54 Å². The van der Waals surface area contributed by atoms with Crippen LogP contribution in [0.1, 0.15) is 5.56 Å². The van der Waals surface area contributed by atoms with E-state index in [1.54, 1.807) is 12.1 Å². The molecule has 1 aliphatic heterocycles. The number of hydrogen-bond acceptors (Lipinski definition) is 1. The Bertz CT molecular complexity index is 334. The Morgan fingerprint density at radius 2 is 1.93 bits per heavy atom. The summed E-state index contributed by atoms with van der Waals surface area (Å²) in [6, 6.07) is 5.72. The maximum atomic E-state index is 13.2. The molecule has 1 atom stereocenters. The van der Waals surface area contributed by atoms with Gasteiger partial charge in [0.1, 0.15) is 5.82 Å². The minimum atomic E-state index is -2.64. The predicted molar refractivity (Wildman–Crippen MR) is 51.4 cm³/mol. The quantitative estimate of drug-likeness (QED) is 0.797. The van der Waals surface area contributed by atoms with Gasteiger partial charge in [-0.1, -0.05) is 12.1 Å². The third-order valence-corrected chi connectivity index (χ3v) is 2.74. The van der Waals surface area contributed by atoms with Crippen molar-refractivity contribution in [2.24, 2.45) is 5.92 Å². The molecule has 1 fully saturated rings. The molecule has 1 N–H and O–H groups in total. The summed E-state index contributed by atoms with van der Waals surface area (Å²) in [6.45, 7) is 0.0727. The summed E-state index contributed by atoms with van der Waals surface area (Å²) in [6.07, 6.45) is 0.292. The fraction of sp³-hybridized carbons (Fsp3) is 0.455. The predicted octanol–water partition coefficient (Wildman–Crippen LogP) is 2.22. The highest BCUT2D eigenvalue weighted by atomic mass is 19.3. The minimum Gasteiger partial charge on any atom is -0.311 e. The summed E-state index contributed by atoms with van der Waals surface area (Å²) < 4.78 is 39.1. The summed E-state index contributed by atoms with van der Waals surface area (Å²) in [5, 5.41) is 2.67. The van der Waals surface area contributed by atoms with Gasteiger partial charge in [0, 0.05) is 12.5 Å². The van der Waals surface area contributed by atoms with Crippen molar-refractivity contribution in [1.82, 2.24) is 5.32 Å². The topological polar surface area (TPSA) is 12.0 Å². The maximum absolute atomic E-state index is 13.2. The van der Waals surface area contributed by atoms with Crippen molar-refractivity contribution in [2.45, 2.75) is 12.3 Å². The van der Waals surface area contributed by atoms with Crippen LogP contribution in [0.2, 0.25) is 0 Å². The number of rotatable bonds is 2. The Morgan fingerprint density at radius 3 is 2.47 bits per heavy atom. The molecule has 82 valence electrons. The lowest BCUT2D eigenvalue weighted by Crippen LogP contribution is -2.28. The van der Waals surface area contributed by atoms with Crippen molar-refractivity contribution >= 4 is 0 Å². The average molecular weight is 215 g/mol. The molecule has 1 heterocycles. The van der Waals surface area contributed by atoms with Crippen molar-refractivity contribution < 1.29 is 13.2 Å². The first-order valence-corrected chi connectivity index (χ1v) is 4.91. The lowest BCUT2D eigenvalue weighted by Gasteiger charge is -2.17. The highest BCUT2D eigenvalue weighted by Crippen LogP contribution is 2.30. The van der Waals surface area contributed by atoms with Crippen LogP contribution in [0.25, 0.3) is 0 Å². The van der Waals surface area contributed by atoms with Gasteiger partial charge in [-0.05, 0) is 24.1 Å². The molecule has 0 aromatic heterocycles. The van der Waals surface area contributed by atoms with Crippen LogP contribution in [0.15, 0.2) is 24.3 Å². The number of benzene rings is 1. The van der Waals surface area contributed by atoms with Gasteiger partial charge in [0.25, 0.3) is 5.92 Å². The first-order valence-electron chi connectivity index (χ1n) is 4.91. The first kappa shape index (κ1) is 10.5. The SMILES string of the molecule is Fc1ccc(CC2CNCC2(F)F)cc1. The monoisotopic (exact) mass is 215 g/mol. The zero-order chi connectivity index (χ0) is 10.9. The van der Waals surface area contributed by atoms with Crippen LogP contribution < -0.4 is 5.32 Å². The van der Waals surface area contributed by atoms with E-state index >= 15 is 0 Å². The lowest BCUT2D eigenvalue weighted by molar-refractivity contribution is -0.0212. The molecule has 0 bridgehead atoms. The van der Waals surface area contributed by atoms with Gasteiger partial charge >= 0.3 is 0 Å². The van der Waals surface area contributed by atoms with E-state index < -0.39 is 11.8 Å². The molecule has 4 heteroatoms. The molecule has 1 aromatic carbocycles. The maximum Gasteiger partial charge on any atom is 0.264 e. The lowest BCUT2D eigenvalue weighted by atomic mass is 9.96. The van der Waals surface area contributed by atoms with E-state index in [0.29, 0.717) is 13.0 Å². The molecule has 0 spiro atoms. The Hall–Kier alpha value is -1.03. The number of alkyl halides is 2. The van der Waals surface area contributed by atoms with Crippen molar-refractivity contribution in [3.8, 4) is 0 Å². The van der Waals surface area contributed by atoms with E-state index in [4.69, 9.17) is 0 Å². The molecular formula is C11H12F3N. The highest BCUT2D eigenvalue weighted by molar-refractivity contribution is 5.17. The van der Waals surface area contributed by atoms with E-state index in [0.717, 1.165) is 5.56 Å². The third-order valence-electron chi connectivity index (χ3n) is 2.74. The van der Waals surface area contributed by atoms with Crippen LogP contribution in [0, 0.1) is 11.7 Å². The van der Waals surface area contributed by atoms with E-state index in [1.165, 1.54) is 12.1 Å². The third kappa shape index (κ3) is 2.31. The summed E-state index contributed by atoms with van der Waals surface area (Å²) in [4.78, 5) is 0. The van der Waals surface area contributed by atoms with Gasteiger partial charge in [-0.2, -0.15) is 0 Å². The summed E-state index contributed by atoms with van der Waals surface area (Å²) >= 11 is 0. The standard InChI is InChI=1S/C11H12F3N/c12-10-3-1-8(2-4-10)5-9-6-15-7-11(9,13)14/h1-4,9,15H,5-7H2. The molecule has 1 nitrogen and oxygen atoms in total. The summed E-state index contributed by atoms with van der Waals surface area (Å²) in [5.74, 6) is -3.66. The van der Waals surface area contributed by atoms with Crippen molar-refractivity contribution in [2.75, 3.05) is 13.1 Å². The zero-order valence-electron chi connectivity index (χ0n) is 8.14. The minimum absolute atomic E-state index is 0.251. The molecule has 1 saturated heterocycles. The molecule has 0 radical (unpaired) electrons. The van der Waals surface area contributed by atoms with Crippen LogP contribution in [-0.2, 0) is 6.42 Å². The average Bonchev–Trinajstić information content (AvgIpc) is 2.50. The molecule has 15 heavy (non-hydrogen) atoms. The molecular weight excluding hydrogens is 203 g/mol. The molecule has 0 aliphatic carbocycles. The second-order valence-corrected chi connectivity index (χ2v) is 3.92. The molecule has 1 unspecified atom stereocenters. The highest BCUT2D eigenvalue weighted by Gasteiger charge is 2.43. The van der Waals surface area contributed by atoms with Gasteiger partial charge in [0.2, 0.25) is 0 Å². The normalized spacial score (nSPS) is 24.3. The Kier molecular flexibility index (Phi) is 2.69. The second-order valence-electron chi connectivity index (χ2n) is 3.92. The van der Waals surface area contributed by atoms with Crippen molar-refractivity contribution in [1.29, 1.82) is 0 Å². The van der Waals surface area contributed by atoms with Crippen LogP contribution in [0.4, 0.5) is 13.2 Å². The molecule has 1 aromatic rings. The van der Waals surface area contributed by atoms with Gasteiger partial charge in [-0.25, -0.2) is 13.2 Å². The van der Waals surface area contributed by atoms with Crippen LogP contribution in [0.3, 0.4) is 0 Å². The van der Waals surface area contributed by atoms with E-state index in [2.05, 4.69) is 5.32 Å². The van der Waals surface area contributed by atoms with E-state index in [-0.39, 0.29) is 12.4 Å². The van der Waals surface area contributed by atoms with Crippen LogP contribution in [-0.4, -0.2) is 19.0 Å². The van der Waals surface area contributed by atoms with Gasteiger partial charge in [0.15, 0.2) is 0 Å². The number of halogens is 3. The van der Waals surface area contributed by atoms with Crippen LogP contribution in [0.5, 0.6) is 0 Å². The molecule has 0 saturated carbocycles. The fourth-order valence-corrected chi connectivity index (χ4v) is 1.83. The van der Waals surface area contributed by atoms with Gasteiger partial charge < -0.3 is 5.32 Å². The zero-order valence-corrected chi connectivity index (χ0v) is 8.14. The summed E-state index contributed by atoms with van der Waals surface area (Å²) in [7, 11) is 0. The Morgan fingerprint density at radius 1 is 1.27 bits per heavy atom. The Balaban J connectivity index is 2.06. The van der Waals surface area contributed by atoms with E-state index in [9.17, 15) is 13.2 Å². The summed E-state index contributed by atoms with van der Waals surface area (Å²) in [5.41, 5.74) is 0.754. The van der Waals surface area contributed by atoms with Crippen molar-refractivity contribution in [3.05, 3.63) is 35.6 Å². The molecule has 1 aliphatic rings. The van der Waals surface area contributed by atoms with Crippen molar-refractivity contribution in [3.63, 3.8) is 0 Å². The van der Waals surface area contributed by atoms with E-state index in [1.807, 2.05) is 0 Å². The van der Waals surface area contributed by atoms with Crippen LogP contribution >= 0.6 is 0 Å². The van der Waals surface area contributed by atoms with Gasteiger partial charge in [-0.3, -0.25) is 0 Å².